The molecule has 268 valence electrons. The maximum atomic E-state index is 7.22. The Bertz CT molecular complexity index is 2100. The van der Waals surface area contributed by atoms with Gasteiger partial charge < -0.3 is 28.4 Å². The molecule has 9 rings (SSSR count). The fourth-order valence-electron chi connectivity index (χ4n) is 8.32. The number of rotatable bonds is 5. The average molecular weight is 699 g/mol. The van der Waals surface area contributed by atoms with Crippen LogP contribution >= 0.6 is 0 Å². The summed E-state index contributed by atoms with van der Waals surface area (Å²) in [4.78, 5) is 4.84. The summed E-state index contributed by atoms with van der Waals surface area (Å²) >= 11 is 0. The van der Waals surface area contributed by atoms with Crippen molar-refractivity contribution < 1.29 is 28.4 Å². The van der Waals surface area contributed by atoms with Gasteiger partial charge in [-0.2, -0.15) is 0 Å². The Morgan fingerprint density at radius 1 is 0.615 bits per heavy atom. The first-order chi connectivity index (χ1) is 25.4. The van der Waals surface area contributed by atoms with E-state index in [1.807, 2.05) is 12.1 Å². The number of hydrogen-bond donors (Lipinski definition) is 0. The molecule has 0 spiro atoms. The Balaban J connectivity index is 1.41. The van der Waals surface area contributed by atoms with Crippen LogP contribution in [0.2, 0.25) is 0 Å². The van der Waals surface area contributed by atoms with Crippen LogP contribution in [0.1, 0.15) is 45.5 Å². The monoisotopic (exact) mass is 698 g/mol. The third-order valence-electron chi connectivity index (χ3n) is 11.1. The van der Waals surface area contributed by atoms with Gasteiger partial charge in [-0.25, -0.2) is 0 Å². The lowest BCUT2D eigenvalue weighted by Gasteiger charge is -2.38. The topological polar surface area (TPSA) is 61.9 Å². The first-order valence-electron chi connectivity index (χ1n) is 18.0. The van der Waals surface area contributed by atoms with Crippen LogP contribution in [-0.2, 0) is 25.7 Å². The Labute approximate surface area is 306 Å². The lowest BCUT2D eigenvalue weighted by molar-refractivity contribution is 0.220. The maximum Gasteiger partial charge on any atom is 0.204 e. The van der Waals surface area contributed by atoms with Crippen molar-refractivity contribution in [3.63, 3.8) is 0 Å². The Hall–Kier alpha value is -5.18. The van der Waals surface area contributed by atoms with Crippen molar-refractivity contribution in [2.45, 2.75) is 37.8 Å². The molecule has 6 bridgehead atoms. The van der Waals surface area contributed by atoms with Crippen LogP contribution in [0.5, 0.6) is 46.0 Å². The summed E-state index contributed by atoms with van der Waals surface area (Å²) in [7, 11) is 11.2. The number of ether oxygens (including phenoxy) is 6. The molecule has 0 fully saturated rings. The van der Waals surface area contributed by atoms with Gasteiger partial charge in [0.1, 0.15) is 5.75 Å². The highest BCUT2D eigenvalue weighted by Gasteiger charge is 2.37. The molecule has 8 heteroatoms. The first kappa shape index (κ1) is 33.9. The van der Waals surface area contributed by atoms with Gasteiger partial charge in [0.05, 0.1) is 28.4 Å². The molecule has 0 unspecified atom stereocenters. The van der Waals surface area contributed by atoms with Gasteiger partial charge in [-0.15, -0.1) is 0 Å². The molecule has 5 aromatic carbocycles. The molecule has 0 aliphatic carbocycles. The number of nitrogens with zero attached hydrogens (tertiary/aromatic N) is 2. The van der Waals surface area contributed by atoms with Crippen LogP contribution in [0.4, 0.5) is 0 Å². The van der Waals surface area contributed by atoms with Crippen LogP contribution in [0.15, 0.2) is 84.9 Å². The van der Waals surface area contributed by atoms with Gasteiger partial charge in [0.2, 0.25) is 5.75 Å². The second-order valence-corrected chi connectivity index (χ2v) is 14.0. The fraction of sp³-hybridized carbons (Fsp3) is 0.318. The lowest BCUT2D eigenvalue weighted by Crippen LogP contribution is -2.34. The van der Waals surface area contributed by atoms with Crippen LogP contribution < -0.4 is 28.4 Å². The van der Waals surface area contributed by atoms with Gasteiger partial charge in [0.15, 0.2) is 34.5 Å². The smallest absolute Gasteiger partial charge is 0.204 e. The fourth-order valence-corrected chi connectivity index (χ4v) is 8.32. The summed E-state index contributed by atoms with van der Waals surface area (Å²) in [6.45, 7) is 1.81. The molecule has 5 aromatic rings. The second kappa shape index (κ2) is 14.1. The Morgan fingerprint density at radius 3 is 2.02 bits per heavy atom. The summed E-state index contributed by atoms with van der Waals surface area (Å²) < 4.78 is 38.2. The normalized spacial score (nSPS) is 18.3. The summed E-state index contributed by atoms with van der Waals surface area (Å²) in [5.74, 6) is 5.34. The number of fused-ring (bicyclic) bond motifs is 2. The van der Waals surface area contributed by atoms with E-state index in [2.05, 4.69) is 96.7 Å². The minimum absolute atomic E-state index is 0.0667. The van der Waals surface area contributed by atoms with E-state index in [0.29, 0.717) is 46.7 Å². The molecule has 4 aliphatic rings. The second-order valence-electron chi connectivity index (χ2n) is 14.0. The standard InChI is InChI=1S/C44H46N2O6/c1-45-20-18-30-25-37(48-4)39-26-33(30)34(45)22-27-12-15-31(16-13-27)51-38-24-28(14-17-36(38)47-3)23-35-41-32(19-21-46(35)2)40(29-10-8-7-9-11-29)42(49-5)44(50-6)43(41)52-39/h7-17,24-26,34-35H,18-23H2,1-6H3/t34-,35-/m0/s1. The van der Waals surface area contributed by atoms with Crippen molar-refractivity contribution in [2.24, 2.45) is 0 Å². The molecule has 52 heavy (non-hydrogen) atoms. The van der Waals surface area contributed by atoms with E-state index in [4.69, 9.17) is 28.4 Å². The number of benzene rings is 5. The van der Waals surface area contributed by atoms with Crippen molar-refractivity contribution in [2.75, 3.05) is 55.6 Å². The van der Waals surface area contributed by atoms with Crippen molar-refractivity contribution in [3.8, 4) is 57.1 Å². The van der Waals surface area contributed by atoms with E-state index in [-0.39, 0.29) is 12.1 Å². The predicted octanol–water partition coefficient (Wildman–Crippen LogP) is 8.83. The zero-order valence-electron chi connectivity index (χ0n) is 30.8. The molecule has 0 radical (unpaired) electrons. The molecule has 0 saturated heterocycles. The summed E-state index contributed by atoms with van der Waals surface area (Å²) in [6, 6.07) is 29.5. The number of hydrogen-bond acceptors (Lipinski definition) is 8. The highest BCUT2D eigenvalue weighted by atomic mass is 16.5. The van der Waals surface area contributed by atoms with Gasteiger partial charge >= 0.3 is 0 Å². The van der Waals surface area contributed by atoms with Gasteiger partial charge in [-0.1, -0.05) is 48.5 Å². The minimum Gasteiger partial charge on any atom is -0.493 e. The van der Waals surface area contributed by atoms with E-state index in [1.54, 1.807) is 28.4 Å². The highest BCUT2D eigenvalue weighted by molar-refractivity contribution is 5.83. The van der Waals surface area contributed by atoms with E-state index in [9.17, 15) is 0 Å². The SMILES string of the molecule is COc1ccc2cc1Oc1ccc(cc1)C[C@H]1c3cc(c(OC)cc3CCN1C)Oc1c(OC)c(OC)c(-c3ccccc3)c3c1[C@H](C2)N(C)CC3. The molecular formula is C44H46N2O6. The predicted molar refractivity (Wildman–Crippen MR) is 203 cm³/mol. The van der Waals surface area contributed by atoms with E-state index >= 15 is 0 Å². The van der Waals surface area contributed by atoms with E-state index in [1.165, 1.54) is 22.3 Å². The Kier molecular flexibility index (Phi) is 9.20. The maximum absolute atomic E-state index is 7.22. The van der Waals surface area contributed by atoms with Crippen molar-refractivity contribution in [1.82, 2.24) is 9.80 Å². The van der Waals surface area contributed by atoms with E-state index < -0.39 is 0 Å². The van der Waals surface area contributed by atoms with Crippen LogP contribution in [-0.4, -0.2) is 65.4 Å². The summed E-state index contributed by atoms with van der Waals surface area (Å²) in [5.41, 5.74) is 9.21. The first-order valence-corrected chi connectivity index (χ1v) is 18.0. The molecule has 8 nitrogen and oxygen atoms in total. The third-order valence-corrected chi connectivity index (χ3v) is 11.1. The number of methoxy groups -OCH3 is 4. The Morgan fingerprint density at radius 2 is 1.29 bits per heavy atom. The van der Waals surface area contributed by atoms with Crippen LogP contribution in [0.3, 0.4) is 0 Å². The molecule has 2 atom stereocenters. The third kappa shape index (κ3) is 5.99. The molecule has 0 aromatic heterocycles. The van der Waals surface area contributed by atoms with Gasteiger partial charge in [-0.05, 0) is 110 Å². The highest BCUT2D eigenvalue weighted by Crippen LogP contribution is 2.56. The summed E-state index contributed by atoms with van der Waals surface area (Å²) in [6.07, 6.45) is 3.26. The molecule has 0 amide bonds. The zero-order valence-corrected chi connectivity index (χ0v) is 30.8. The van der Waals surface area contributed by atoms with Crippen molar-refractivity contribution in [3.05, 3.63) is 118 Å². The van der Waals surface area contributed by atoms with E-state index in [0.717, 1.165) is 60.4 Å². The van der Waals surface area contributed by atoms with Gasteiger partial charge in [-0.3, -0.25) is 9.80 Å². The quantitative estimate of drug-likeness (QED) is 0.181. The number of likely N-dealkylation sites (N-methyl/N-ethyl adjacent to an activating group) is 2. The van der Waals surface area contributed by atoms with Crippen molar-refractivity contribution in [1.29, 1.82) is 0 Å². The molecule has 4 heterocycles. The van der Waals surface area contributed by atoms with Crippen LogP contribution in [0, 0.1) is 0 Å². The average Bonchev–Trinajstić information content (AvgIpc) is 3.17. The minimum atomic E-state index is -0.0667. The molecule has 0 N–H and O–H groups in total. The summed E-state index contributed by atoms with van der Waals surface area (Å²) in [5, 5.41) is 0. The molecule has 4 aliphatic heterocycles. The molecule has 0 saturated carbocycles. The lowest BCUT2D eigenvalue weighted by atomic mass is 9.82. The van der Waals surface area contributed by atoms with Gasteiger partial charge in [0.25, 0.3) is 0 Å². The zero-order chi connectivity index (χ0) is 35.9. The van der Waals surface area contributed by atoms with Gasteiger partial charge in [0, 0.05) is 36.3 Å². The molecular weight excluding hydrogens is 652 g/mol. The van der Waals surface area contributed by atoms with Crippen LogP contribution in [0.25, 0.3) is 11.1 Å². The largest absolute Gasteiger partial charge is 0.493 e. The van der Waals surface area contributed by atoms with Crippen molar-refractivity contribution >= 4 is 0 Å².